The van der Waals surface area contributed by atoms with E-state index in [1.807, 2.05) is 6.07 Å². The molecule has 0 amide bonds. The standard InChI is InChI=1S/C21H30O3/c1-14(7-8-15-9-12-19(24-15)20(2,3)23)16-10-11-17-18(22)6-5-13-21(16,17)4/h9,12,14,16-18,22-23H,5-6,10-11,13H2,1-4H3/t14-,16+,17-,18-,21+/m0/s1. The second kappa shape index (κ2) is 6.24. The topological polar surface area (TPSA) is 53.6 Å². The van der Waals surface area contributed by atoms with Gasteiger partial charge in [-0.05, 0) is 74.8 Å². The molecule has 1 heterocycles. The van der Waals surface area contributed by atoms with Crippen LogP contribution in [-0.2, 0) is 5.60 Å². The molecular weight excluding hydrogens is 300 g/mol. The van der Waals surface area contributed by atoms with Crippen LogP contribution in [0.4, 0.5) is 0 Å². The van der Waals surface area contributed by atoms with Crippen molar-refractivity contribution in [1.82, 2.24) is 0 Å². The molecule has 24 heavy (non-hydrogen) atoms. The van der Waals surface area contributed by atoms with Crippen molar-refractivity contribution in [3.63, 3.8) is 0 Å². The van der Waals surface area contributed by atoms with Gasteiger partial charge in [0.1, 0.15) is 11.4 Å². The normalized spacial score (nSPS) is 34.3. The van der Waals surface area contributed by atoms with Gasteiger partial charge in [-0.3, -0.25) is 0 Å². The zero-order valence-corrected chi connectivity index (χ0v) is 15.3. The average Bonchev–Trinajstić information content (AvgIpc) is 3.09. The molecule has 2 aliphatic rings. The fraction of sp³-hybridized carbons (Fsp3) is 0.714. The summed E-state index contributed by atoms with van der Waals surface area (Å²) in [6, 6.07) is 3.62. The third-order valence-corrected chi connectivity index (χ3v) is 6.40. The van der Waals surface area contributed by atoms with Crippen molar-refractivity contribution in [3.05, 3.63) is 23.7 Å². The summed E-state index contributed by atoms with van der Waals surface area (Å²) in [5.41, 5.74) is -0.761. The van der Waals surface area contributed by atoms with E-state index in [-0.39, 0.29) is 17.4 Å². The van der Waals surface area contributed by atoms with Crippen molar-refractivity contribution in [1.29, 1.82) is 0 Å². The maximum absolute atomic E-state index is 10.4. The highest BCUT2D eigenvalue weighted by Crippen LogP contribution is 2.57. The first-order valence-electron chi connectivity index (χ1n) is 9.24. The van der Waals surface area contributed by atoms with Crippen molar-refractivity contribution in [3.8, 4) is 11.8 Å². The summed E-state index contributed by atoms with van der Waals surface area (Å²) in [6.07, 6.45) is 5.43. The smallest absolute Gasteiger partial charge is 0.177 e. The quantitative estimate of drug-likeness (QED) is 0.804. The average molecular weight is 330 g/mol. The molecule has 5 atom stereocenters. The molecule has 1 aromatic heterocycles. The molecule has 3 nitrogen and oxygen atoms in total. The molecule has 0 aliphatic heterocycles. The Bertz CT molecular complexity index is 642. The number of fused-ring (bicyclic) bond motifs is 1. The molecule has 2 saturated carbocycles. The Balaban J connectivity index is 1.74. The highest BCUT2D eigenvalue weighted by atomic mass is 16.4. The molecule has 2 aliphatic carbocycles. The maximum atomic E-state index is 10.4. The lowest BCUT2D eigenvalue weighted by Gasteiger charge is -2.44. The zero-order valence-electron chi connectivity index (χ0n) is 15.3. The van der Waals surface area contributed by atoms with Crippen LogP contribution in [0.2, 0.25) is 0 Å². The molecule has 3 rings (SSSR count). The molecule has 0 saturated heterocycles. The van der Waals surface area contributed by atoms with Crippen LogP contribution in [0.3, 0.4) is 0 Å². The first-order chi connectivity index (χ1) is 11.2. The Kier molecular flexibility index (Phi) is 4.57. The van der Waals surface area contributed by atoms with Gasteiger partial charge in [-0.1, -0.05) is 26.2 Å². The number of aliphatic hydroxyl groups excluding tert-OH is 1. The van der Waals surface area contributed by atoms with Crippen molar-refractivity contribution in [2.24, 2.45) is 23.2 Å². The highest BCUT2D eigenvalue weighted by molar-refractivity contribution is 5.29. The summed E-state index contributed by atoms with van der Waals surface area (Å²) in [5, 5.41) is 20.3. The molecule has 0 unspecified atom stereocenters. The molecule has 0 bridgehead atoms. The monoisotopic (exact) mass is 330 g/mol. The first-order valence-corrected chi connectivity index (χ1v) is 9.24. The number of hydrogen-bond donors (Lipinski definition) is 2. The Labute approximate surface area is 145 Å². The summed E-state index contributed by atoms with van der Waals surface area (Å²) in [6.45, 7) is 7.97. The van der Waals surface area contributed by atoms with E-state index in [1.54, 1.807) is 19.9 Å². The summed E-state index contributed by atoms with van der Waals surface area (Å²) in [5.74, 6) is 8.93. The first kappa shape index (κ1) is 17.6. The molecule has 0 spiro atoms. The minimum absolute atomic E-state index is 0.131. The van der Waals surface area contributed by atoms with E-state index in [4.69, 9.17) is 4.42 Å². The van der Waals surface area contributed by atoms with Gasteiger partial charge in [0, 0.05) is 5.92 Å². The number of rotatable bonds is 2. The van der Waals surface area contributed by atoms with Crippen LogP contribution < -0.4 is 0 Å². The summed E-state index contributed by atoms with van der Waals surface area (Å²) < 4.78 is 5.65. The van der Waals surface area contributed by atoms with Crippen LogP contribution in [0.5, 0.6) is 0 Å². The van der Waals surface area contributed by atoms with E-state index < -0.39 is 5.60 Å². The minimum atomic E-state index is -0.976. The molecule has 2 N–H and O–H groups in total. The Hall–Kier alpha value is -1.24. The molecule has 0 aromatic carbocycles. The van der Waals surface area contributed by atoms with Crippen LogP contribution in [0.1, 0.15) is 71.3 Å². The lowest BCUT2D eigenvalue weighted by molar-refractivity contribution is -0.0224. The lowest BCUT2D eigenvalue weighted by Crippen LogP contribution is -2.41. The van der Waals surface area contributed by atoms with E-state index in [0.29, 0.717) is 23.4 Å². The van der Waals surface area contributed by atoms with Crippen LogP contribution in [0, 0.1) is 35.0 Å². The maximum Gasteiger partial charge on any atom is 0.177 e. The van der Waals surface area contributed by atoms with E-state index in [9.17, 15) is 10.2 Å². The van der Waals surface area contributed by atoms with Gasteiger partial charge in [0.05, 0.1) is 6.10 Å². The van der Waals surface area contributed by atoms with Crippen molar-refractivity contribution in [2.75, 3.05) is 0 Å². The van der Waals surface area contributed by atoms with Gasteiger partial charge in [0.25, 0.3) is 0 Å². The van der Waals surface area contributed by atoms with Crippen molar-refractivity contribution in [2.45, 2.75) is 71.5 Å². The number of furan rings is 1. The van der Waals surface area contributed by atoms with Gasteiger partial charge in [-0.2, -0.15) is 0 Å². The molecular formula is C21H30O3. The number of aliphatic hydroxyl groups is 2. The lowest BCUT2D eigenvalue weighted by atomic mass is 9.62. The minimum Gasteiger partial charge on any atom is -0.450 e. The SMILES string of the molecule is C[C@@H](C#Cc1ccc(C(C)(C)O)o1)[C@H]1CC[C@H]2[C@@H](O)CCC[C@]12C. The highest BCUT2D eigenvalue weighted by Gasteiger charge is 2.52. The fourth-order valence-corrected chi connectivity index (χ4v) is 5.03. The number of hydrogen-bond acceptors (Lipinski definition) is 3. The Morgan fingerprint density at radius 3 is 2.71 bits per heavy atom. The summed E-state index contributed by atoms with van der Waals surface area (Å²) in [4.78, 5) is 0. The fourth-order valence-electron chi connectivity index (χ4n) is 5.03. The largest absolute Gasteiger partial charge is 0.450 e. The van der Waals surface area contributed by atoms with Gasteiger partial charge in [-0.25, -0.2) is 0 Å². The van der Waals surface area contributed by atoms with E-state index in [1.165, 1.54) is 6.42 Å². The van der Waals surface area contributed by atoms with Crippen molar-refractivity contribution < 1.29 is 14.6 Å². The predicted molar refractivity (Wildman–Crippen MR) is 94.2 cm³/mol. The van der Waals surface area contributed by atoms with Gasteiger partial charge in [0.15, 0.2) is 5.76 Å². The Morgan fingerprint density at radius 2 is 2.04 bits per heavy atom. The van der Waals surface area contributed by atoms with Crippen LogP contribution >= 0.6 is 0 Å². The zero-order chi connectivity index (χ0) is 17.5. The van der Waals surface area contributed by atoms with Crippen LogP contribution in [0.15, 0.2) is 16.5 Å². The second-order valence-electron chi connectivity index (χ2n) is 8.54. The van der Waals surface area contributed by atoms with E-state index in [2.05, 4.69) is 25.7 Å². The van der Waals surface area contributed by atoms with E-state index >= 15 is 0 Å². The molecule has 1 aromatic rings. The molecule has 132 valence electrons. The molecule has 0 radical (unpaired) electrons. The van der Waals surface area contributed by atoms with Gasteiger partial charge >= 0.3 is 0 Å². The van der Waals surface area contributed by atoms with E-state index in [0.717, 1.165) is 25.7 Å². The predicted octanol–water partition coefficient (Wildman–Crippen LogP) is 4.07. The van der Waals surface area contributed by atoms with Gasteiger partial charge in [-0.15, -0.1) is 0 Å². The summed E-state index contributed by atoms with van der Waals surface area (Å²) in [7, 11) is 0. The van der Waals surface area contributed by atoms with Crippen LogP contribution in [0.25, 0.3) is 0 Å². The van der Waals surface area contributed by atoms with Gasteiger partial charge in [0.2, 0.25) is 0 Å². The third kappa shape index (κ3) is 3.15. The van der Waals surface area contributed by atoms with Crippen LogP contribution in [-0.4, -0.2) is 16.3 Å². The summed E-state index contributed by atoms with van der Waals surface area (Å²) >= 11 is 0. The van der Waals surface area contributed by atoms with Gasteiger partial charge < -0.3 is 14.6 Å². The third-order valence-electron chi connectivity index (χ3n) is 6.40. The molecule has 3 heteroatoms. The Morgan fingerprint density at radius 1 is 1.29 bits per heavy atom. The van der Waals surface area contributed by atoms with Crippen molar-refractivity contribution >= 4 is 0 Å². The molecule has 2 fully saturated rings. The second-order valence-corrected chi connectivity index (χ2v) is 8.54.